The van der Waals surface area contributed by atoms with E-state index in [2.05, 4.69) is 5.32 Å². The predicted molar refractivity (Wildman–Crippen MR) is 154 cm³/mol. The van der Waals surface area contributed by atoms with Gasteiger partial charge in [-0.15, -0.1) is 0 Å². The van der Waals surface area contributed by atoms with Crippen LogP contribution in [0, 0.1) is 16.0 Å². The molecule has 1 fully saturated rings. The third-order valence-electron chi connectivity index (χ3n) is 6.99. The minimum atomic E-state index is -3.92. The zero-order chi connectivity index (χ0) is 30.6. The number of nitrogens with two attached hydrogens (primary N) is 1. The zero-order valence-corrected chi connectivity index (χ0v) is 24.1. The number of thiazole rings is 1. The van der Waals surface area contributed by atoms with Gasteiger partial charge in [-0.3, -0.25) is 33.9 Å². The molecule has 6 rings (SSSR count). The fourth-order valence-corrected chi connectivity index (χ4v) is 8.35. The van der Waals surface area contributed by atoms with E-state index < -0.39 is 61.2 Å². The number of anilines is 2. The summed E-state index contributed by atoms with van der Waals surface area (Å²) in [6.07, 6.45) is 1.41. The average molecular weight is 642 g/mol. The lowest BCUT2D eigenvalue weighted by molar-refractivity contribution is -0.384. The molecule has 2 aliphatic heterocycles. The first-order valence-electron chi connectivity index (χ1n) is 12.4. The molecule has 0 aliphatic carbocycles. The molecule has 2 aromatic heterocycles. The van der Waals surface area contributed by atoms with Crippen LogP contribution in [0.1, 0.15) is 16.6 Å². The Bertz CT molecular complexity index is 1950. The lowest BCUT2D eigenvalue weighted by Gasteiger charge is -2.29. The van der Waals surface area contributed by atoms with E-state index >= 15 is 0 Å². The molecule has 4 heterocycles. The van der Waals surface area contributed by atoms with Crippen LogP contribution in [0.3, 0.4) is 0 Å². The number of hydrogen-bond donors (Lipinski definition) is 2. The van der Waals surface area contributed by atoms with Gasteiger partial charge in [0.05, 0.1) is 43.5 Å². The van der Waals surface area contributed by atoms with Crippen LogP contribution >= 0.6 is 23.1 Å². The quantitative estimate of drug-likeness (QED) is 0.171. The van der Waals surface area contributed by atoms with Gasteiger partial charge >= 0.3 is 4.87 Å². The number of hydrogen-bond acceptors (Lipinski definition) is 11. The molecule has 17 heteroatoms. The van der Waals surface area contributed by atoms with E-state index in [1.807, 2.05) is 0 Å². The Labute approximate surface area is 250 Å². The number of nitro groups is 1. The molecule has 2 aromatic carbocycles. The highest BCUT2D eigenvalue weighted by atomic mass is 32.2. The van der Waals surface area contributed by atoms with Gasteiger partial charge in [-0.05, 0) is 48.5 Å². The number of imide groups is 1. The molecule has 2 aliphatic rings. The Morgan fingerprint density at radius 1 is 1.05 bits per heavy atom. The first kappa shape index (κ1) is 28.5. The summed E-state index contributed by atoms with van der Waals surface area (Å²) >= 11 is 1.84. The molecule has 0 saturated carbocycles. The van der Waals surface area contributed by atoms with Gasteiger partial charge in [-0.1, -0.05) is 23.1 Å². The van der Waals surface area contributed by atoms with Crippen LogP contribution in [-0.4, -0.2) is 40.9 Å². The van der Waals surface area contributed by atoms with E-state index in [0.717, 1.165) is 28.0 Å². The summed E-state index contributed by atoms with van der Waals surface area (Å²) in [6, 6.07) is 13.5. The summed E-state index contributed by atoms with van der Waals surface area (Å²) in [5, 5.41) is 18.2. The maximum absolute atomic E-state index is 13.8. The Morgan fingerprint density at radius 3 is 2.35 bits per heavy atom. The molecule has 0 radical (unpaired) electrons. The number of carbonyl (C=O) groups is 3. The molecule has 1 saturated heterocycles. The summed E-state index contributed by atoms with van der Waals surface area (Å²) in [4.78, 5) is 64.9. The minimum Gasteiger partial charge on any atom is -0.469 e. The number of aromatic nitrogens is 1. The molecular weight excluding hydrogens is 623 g/mol. The van der Waals surface area contributed by atoms with E-state index in [0.29, 0.717) is 15.7 Å². The maximum atomic E-state index is 13.8. The fourth-order valence-electron chi connectivity index (χ4n) is 5.08. The number of carbonyl (C=O) groups excluding carboxylic acids is 3. The van der Waals surface area contributed by atoms with E-state index in [9.17, 15) is 37.7 Å². The smallest absolute Gasteiger partial charge is 0.308 e. The van der Waals surface area contributed by atoms with Gasteiger partial charge in [0.15, 0.2) is 0 Å². The number of benzene rings is 2. The second kappa shape index (κ2) is 10.6. The number of fused-ring (bicyclic) bond motifs is 2. The first-order valence-corrected chi connectivity index (χ1v) is 15.7. The normalized spacial score (nSPS) is 19.7. The highest BCUT2D eigenvalue weighted by molar-refractivity contribution is 8.00. The number of thioether (sulfide) groups is 1. The molecule has 43 heavy (non-hydrogen) atoms. The van der Waals surface area contributed by atoms with E-state index in [-0.39, 0.29) is 22.0 Å². The molecule has 4 aromatic rings. The molecule has 3 N–H and O–H groups in total. The van der Waals surface area contributed by atoms with Gasteiger partial charge in [0, 0.05) is 17.8 Å². The third-order valence-corrected chi connectivity index (χ3v) is 10.5. The summed E-state index contributed by atoms with van der Waals surface area (Å²) in [5.41, 5.74) is 0.237. The second-order valence-electron chi connectivity index (χ2n) is 9.58. The average Bonchev–Trinajstić information content (AvgIpc) is 3.66. The summed E-state index contributed by atoms with van der Waals surface area (Å²) < 4.78 is 29.9. The highest BCUT2D eigenvalue weighted by Crippen LogP contribution is 2.54. The largest absolute Gasteiger partial charge is 0.469 e. The molecular formula is C26H19N5O9S3. The molecule has 3 amide bonds. The van der Waals surface area contributed by atoms with Gasteiger partial charge in [-0.25, -0.2) is 18.5 Å². The van der Waals surface area contributed by atoms with Gasteiger partial charge in [-0.2, -0.15) is 0 Å². The van der Waals surface area contributed by atoms with Crippen molar-refractivity contribution in [2.45, 2.75) is 27.6 Å². The monoisotopic (exact) mass is 641 g/mol. The number of primary sulfonamides is 1. The molecule has 3 atom stereocenters. The van der Waals surface area contributed by atoms with Crippen molar-refractivity contribution in [2.24, 2.45) is 11.1 Å². The Balaban J connectivity index is 1.33. The first-order chi connectivity index (χ1) is 20.4. The van der Waals surface area contributed by atoms with Crippen molar-refractivity contribution in [2.75, 3.05) is 10.2 Å². The lowest BCUT2D eigenvalue weighted by Crippen LogP contribution is -2.32. The van der Waals surface area contributed by atoms with Crippen LogP contribution < -0.4 is 20.2 Å². The number of nitrogens with one attached hydrogen (secondary N) is 1. The zero-order valence-electron chi connectivity index (χ0n) is 21.6. The molecule has 0 bridgehead atoms. The SMILES string of the molecule is NS(=O)(=O)c1ccc(NC(=O)Cn2c3c(sc2=O)[C@H](c2ccco2)C2C(=O)N(c4ccc([N+](=O)[O-])cc4)C(=O)C2S3)cc1. The Kier molecular flexibility index (Phi) is 7.04. The fraction of sp³-hybridized carbons (Fsp3) is 0.154. The number of sulfonamides is 1. The number of nitro benzene ring substituents is 1. The van der Waals surface area contributed by atoms with Crippen molar-refractivity contribution in [3.63, 3.8) is 0 Å². The molecule has 220 valence electrons. The van der Waals surface area contributed by atoms with Crippen LogP contribution in [0.5, 0.6) is 0 Å². The van der Waals surface area contributed by atoms with Crippen molar-refractivity contribution < 1.29 is 32.1 Å². The summed E-state index contributed by atoms with van der Waals surface area (Å²) in [6.45, 7) is -0.426. The standard InChI is InChI=1S/C26H19N5O9S3/c27-43(38,39)16-9-3-13(4-10-16)28-18(32)12-29-25-22(42-26(29)35)19(17-2-1-11-40-17)20-21(41-25)24(34)30(23(20)33)14-5-7-15(8-6-14)31(36)37/h1-11,19-21H,12H2,(H,28,32)(H2,27,38,39)/t19-,20?,21?/m1/s1. The van der Waals surface area contributed by atoms with Crippen LogP contribution in [0.2, 0.25) is 0 Å². The topological polar surface area (TPSA) is 205 Å². The van der Waals surface area contributed by atoms with Crippen LogP contribution in [0.15, 0.2) is 86.1 Å². The number of nitrogens with zero attached hydrogens (tertiary/aromatic N) is 3. The van der Waals surface area contributed by atoms with Gasteiger partial charge < -0.3 is 9.73 Å². The number of non-ortho nitro benzene ring substituents is 1. The molecule has 0 spiro atoms. The molecule has 14 nitrogen and oxygen atoms in total. The van der Waals surface area contributed by atoms with Crippen LogP contribution in [-0.2, 0) is 31.0 Å². The summed E-state index contributed by atoms with van der Waals surface area (Å²) in [7, 11) is -3.92. The Morgan fingerprint density at radius 2 is 1.74 bits per heavy atom. The van der Waals surface area contributed by atoms with Crippen molar-refractivity contribution >= 4 is 67.9 Å². The van der Waals surface area contributed by atoms with E-state index in [4.69, 9.17) is 9.56 Å². The van der Waals surface area contributed by atoms with Crippen LogP contribution in [0.25, 0.3) is 0 Å². The van der Waals surface area contributed by atoms with E-state index in [1.165, 1.54) is 59.4 Å². The van der Waals surface area contributed by atoms with Crippen molar-refractivity contribution in [3.05, 3.63) is 97.3 Å². The number of furan rings is 1. The van der Waals surface area contributed by atoms with Crippen molar-refractivity contribution in [3.8, 4) is 0 Å². The van der Waals surface area contributed by atoms with Gasteiger partial charge in [0.1, 0.15) is 17.6 Å². The summed E-state index contributed by atoms with van der Waals surface area (Å²) in [5.74, 6) is -3.09. The Hall–Kier alpha value is -4.58. The van der Waals surface area contributed by atoms with Crippen LogP contribution in [0.4, 0.5) is 17.1 Å². The second-order valence-corrected chi connectivity index (χ2v) is 13.3. The molecule has 2 unspecified atom stereocenters. The predicted octanol–water partition coefficient (Wildman–Crippen LogP) is 2.49. The highest BCUT2D eigenvalue weighted by Gasteiger charge is 2.57. The maximum Gasteiger partial charge on any atom is 0.308 e. The number of rotatable bonds is 7. The van der Waals surface area contributed by atoms with Gasteiger partial charge in [0.25, 0.3) is 5.69 Å². The van der Waals surface area contributed by atoms with E-state index in [1.54, 1.807) is 12.1 Å². The minimum absolute atomic E-state index is 0.137. The van der Waals surface area contributed by atoms with Crippen molar-refractivity contribution in [1.29, 1.82) is 0 Å². The lowest BCUT2D eigenvalue weighted by atomic mass is 9.87. The number of amides is 3. The van der Waals surface area contributed by atoms with Crippen molar-refractivity contribution in [1.82, 2.24) is 4.57 Å². The third kappa shape index (κ3) is 5.05. The van der Waals surface area contributed by atoms with Gasteiger partial charge in [0.2, 0.25) is 27.7 Å².